The Bertz CT molecular complexity index is 2480. The van der Waals surface area contributed by atoms with Gasteiger partial charge < -0.3 is 14.0 Å². The molecule has 4 aliphatic carbocycles. The average molecular weight is 1030 g/mol. The van der Waals surface area contributed by atoms with Gasteiger partial charge in [-0.3, -0.25) is 13.7 Å². The lowest BCUT2D eigenvalue weighted by Gasteiger charge is -2.52. The van der Waals surface area contributed by atoms with Gasteiger partial charge in [0.1, 0.15) is 23.9 Å². The topological polar surface area (TPSA) is 71.1 Å². The highest BCUT2D eigenvalue weighted by Crippen LogP contribution is 2.69. The summed E-state index contributed by atoms with van der Waals surface area (Å²) in [4.78, 5) is 0. The summed E-state index contributed by atoms with van der Waals surface area (Å²) >= 11 is 0. The Morgan fingerprint density at radius 3 is 0.919 bits per heavy atom. The van der Waals surface area contributed by atoms with Crippen LogP contribution in [0.3, 0.4) is 0 Å². The molecule has 0 aromatic heterocycles. The highest BCUT2D eigenvalue weighted by Gasteiger charge is 2.59. The molecule has 0 unspecified atom stereocenters. The highest BCUT2D eigenvalue weighted by atomic mass is 31.2. The van der Waals surface area contributed by atoms with Crippen molar-refractivity contribution in [3.8, 4) is 0 Å². The molecule has 4 aliphatic rings. The zero-order valence-electron chi connectivity index (χ0n) is 43.9. The second-order valence-electron chi connectivity index (χ2n) is 22.1. The van der Waals surface area contributed by atoms with Gasteiger partial charge in [0, 0.05) is 22.6 Å². The molecule has 74 heavy (non-hydrogen) atoms. The molecule has 0 aliphatic heterocycles. The van der Waals surface area contributed by atoms with Crippen LogP contribution in [0.4, 0.5) is 0 Å². The van der Waals surface area contributed by atoms with E-state index in [2.05, 4.69) is 146 Å². The molecule has 6 aromatic rings. The van der Waals surface area contributed by atoms with Crippen LogP contribution in [0, 0.1) is 0 Å². The zero-order chi connectivity index (χ0) is 50.7. The highest BCUT2D eigenvalue weighted by molar-refractivity contribution is 7.61. The molecule has 0 bridgehead atoms. The lowest BCUT2D eigenvalue weighted by Crippen LogP contribution is -2.58. The summed E-state index contributed by atoms with van der Waals surface area (Å²) in [6, 6.07) is 62.7. The van der Waals surface area contributed by atoms with Gasteiger partial charge in [-0.1, -0.05) is 259 Å². The Morgan fingerprint density at radius 2 is 0.635 bits per heavy atom. The minimum atomic E-state index is -3.71. The molecule has 0 spiro atoms. The van der Waals surface area contributed by atoms with Crippen LogP contribution in [-0.4, -0.2) is 41.1 Å². The monoisotopic (exact) mass is 1030 g/mol. The zero-order valence-corrected chi connectivity index (χ0v) is 45.7. The normalized spacial score (nSPS) is 19.6. The molecule has 8 heteroatoms. The smallest absolute Gasteiger partial charge is 0.226 e. The molecule has 4 saturated carbocycles. The third-order valence-corrected chi connectivity index (χ3v) is 24.8. The summed E-state index contributed by atoms with van der Waals surface area (Å²) in [5, 5.41) is 0. The van der Waals surface area contributed by atoms with E-state index in [1.807, 2.05) is 43.3 Å². The van der Waals surface area contributed by atoms with Crippen LogP contribution < -0.4 is 0 Å². The maximum atomic E-state index is 17.6. The van der Waals surface area contributed by atoms with Crippen LogP contribution in [0.1, 0.15) is 169 Å². The second-order valence-corrected chi connectivity index (χ2v) is 28.0. The number of hydrogen-bond acceptors (Lipinski definition) is 6. The third-order valence-electron chi connectivity index (χ3n) is 17.5. The van der Waals surface area contributed by atoms with Crippen molar-refractivity contribution in [3.05, 3.63) is 215 Å². The first-order valence-corrected chi connectivity index (χ1v) is 32.1. The minimum Gasteiger partial charge on any atom is -0.355 e. The van der Waals surface area contributed by atoms with E-state index in [1.165, 1.54) is 0 Å². The quantitative estimate of drug-likeness (QED) is 0.0431. The maximum Gasteiger partial charge on any atom is 0.226 e. The van der Waals surface area contributed by atoms with Crippen LogP contribution in [0.15, 0.2) is 182 Å². The SMILES string of the molecule is C[C@@H](OP(=O)(C1CCCCC1)C1CCCCC1)[C@](COC(c1ccccc1)(c1ccccc1)c1ccccc1)(OC(c1ccccc1)(c1ccccc1)c1ccccc1)OP(=O)(C1CCCCC1)C1CCCCC1. The first-order valence-electron chi connectivity index (χ1n) is 28.6. The molecular formula is C66H80O6P2. The van der Waals surface area contributed by atoms with Gasteiger partial charge in [0.2, 0.25) is 20.5 Å². The van der Waals surface area contributed by atoms with Gasteiger partial charge in [0.05, 0.1) is 0 Å². The lowest BCUT2D eigenvalue weighted by atomic mass is 9.79. The van der Waals surface area contributed by atoms with Gasteiger partial charge in [-0.05, 0) is 91.7 Å². The molecule has 2 atom stereocenters. The number of rotatable bonds is 20. The van der Waals surface area contributed by atoms with Gasteiger partial charge in [0.15, 0.2) is 0 Å². The van der Waals surface area contributed by atoms with Crippen LogP contribution in [0.2, 0.25) is 0 Å². The molecule has 4 fully saturated rings. The number of benzene rings is 6. The van der Waals surface area contributed by atoms with Gasteiger partial charge in [-0.25, -0.2) is 0 Å². The molecule has 6 aromatic carbocycles. The van der Waals surface area contributed by atoms with E-state index in [-0.39, 0.29) is 29.2 Å². The largest absolute Gasteiger partial charge is 0.355 e. The Balaban J connectivity index is 1.28. The first-order chi connectivity index (χ1) is 36.3. The van der Waals surface area contributed by atoms with E-state index in [9.17, 15) is 0 Å². The fraction of sp³-hybridized carbons (Fsp3) is 0.455. The molecule has 0 saturated heterocycles. The van der Waals surface area contributed by atoms with Crippen molar-refractivity contribution in [2.24, 2.45) is 0 Å². The van der Waals surface area contributed by atoms with E-state index >= 15 is 9.13 Å². The van der Waals surface area contributed by atoms with E-state index < -0.39 is 37.8 Å². The van der Waals surface area contributed by atoms with E-state index in [4.69, 9.17) is 18.5 Å². The Labute approximate surface area is 443 Å². The van der Waals surface area contributed by atoms with Crippen LogP contribution >= 0.6 is 14.7 Å². The van der Waals surface area contributed by atoms with Gasteiger partial charge >= 0.3 is 0 Å². The van der Waals surface area contributed by atoms with Crippen LogP contribution in [-0.2, 0) is 38.9 Å². The van der Waals surface area contributed by atoms with Crippen LogP contribution in [0.25, 0.3) is 0 Å². The van der Waals surface area contributed by atoms with Crippen molar-refractivity contribution < 1.29 is 27.7 Å². The first kappa shape index (κ1) is 53.0. The van der Waals surface area contributed by atoms with E-state index in [0.29, 0.717) is 0 Å². The van der Waals surface area contributed by atoms with Crippen molar-refractivity contribution in [2.45, 2.75) is 181 Å². The minimum absolute atomic E-state index is 0.0805. The molecule has 0 heterocycles. The van der Waals surface area contributed by atoms with Gasteiger partial charge in [-0.15, -0.1) is 0 Å². The van der Waals surface area contributed by atoms with E-state index in [0.717, 1.165) is 162 Å². The molecule has 390 valence electrons. The summed E-state index contributed by atoms with van der Waals surface area (Å²) in [5.74, 6) is -1.94. The summed E-state index contributed by atoms with van der Waals surface area (Å²) in [5.41, 5.74) is 2.35. The fourth-order valence-electron chi connectivity index (χ4n) is 13.5. The van der Waals surface area contributed by atoms with Crippen molar-refractivity contribution in [2.75, 3.05) is 6.61 Å². The molecule has 0 amide bonds. The summed E-state index contributed by atoms with van der Waals surface area (Å²) < 4.78 is 67.3. The number of ether oxygens (including phenoxy) is 2. The summed E-state index contributed by atoms with van der Waals surface area (Å²) in [7, 11) is -7.19. The second kappa shape index (κ2) is 24.3. The fourth-order valence-corrected chi connectivity index (χ4v) is 21.1. The van der Waals surface area contributed by atoms with Crippen molar-refractivity contribution in [1.29, 1.82) is 0 Å². The van der Waals surface area contributed by atoms with Gasteiger partial charge in [-0.2, -0.15) is 0 Å². The molecule has 0 N–H and O–H groups in total. The molecule has 10 rings (SSSR count). The Morgan fingerprint density at radius 1 is 0.378 bits per heavy atom. The van der Waals surface area contributed by atoms with Crippen molar-refractivity contribution in [1.82, 2.24) is 0 Å². The predicted octanol–water partition coefficient (Wildman–Crippen LogP) is 18.0. The number of hydrogen-bond donors (Lipinski definition) is 0. The molecule has 0 radical (unpaired) electrons. The summed E-state index contributed by atoms with van der Waals surface area (Å²) in [6.45, 7) is 1.83. The molecule has 6 nitrogen and oxygen atoms in total. The Hall–Kier alpha value is -4.38. The average Bonchev–Trinajstić information content (AvgIpc) is 3.49. The summed E-state index contributed by atoms with van der Waals surface area (Å²) in [6.07, 6.45) is 18.4. The lowest BCUT2D eigenvalue weighted by molar-refractivity contribution is -0.295. The van der Waals surface area contributed by atoms with Crippen molar-refractivity contribution in [3.63, 3.8) is 0 Å². The maximum absolute atomic E-state index is 17.6. The standard InChI is InChI=1S/C66H80O6P2/c1-53(70-73(67,60-44-24-8-25-45-60)61-46-26-9-27-47-61)64(72-74(68,62-48-28-10-29-49-62)63-50-30-11-31-51-63,71-66(57-38-18-5-19-39-57,58-40-20-6-21-41-58)59-42-22-7-23-43-59)52-69-65(54-32-12-2-13-33-54,55-34-14-3-15-35-55)56-36-16-4-17-37-56/h2-7,12-23,32-43,53,60-63H,8-11,24-31,44-52H2,1H3/t53-,64-/m1/s1. The Kier molecular flexibility index (Phi) is 17.4. The third kappa shape index (κ3) is 10.9. The predicted molar refractivity (Wildman–Crippen MR) is 303 cm³/mol. The van der Waals surface area contributed by atoms with Crippen LogP contribution in [0.5, 0.6) is 0 Å². The molecular weight excluding hydrogens is 951 g/mol. The van der Waals surface area contributed by atoms with Crippen molar-refractivity contribution >= 4 is 14.7 Å². The van der Waals surface area contributed by atoms with E-state index in [1.54, 1.807) is 0 Å². The van der Waals surface area contributed by atoms with Gasteiger partial charge in [0.25, 0.3) is 0 Å².